The van der Waals surface area contributed by atoms with Gasteiger partial charge in [-0.3, -0.25) is 25.2 Å². The van der Waals surface area contributed by atoms with Gasteiger partial charge in [0.05, 0.1) is 5.75 Å². The Kier molecular flexibility index (Phi) is 7.51. The molecule has 3 amide bonds. The number of nitrogens with one attached hydrogen (secondary N) is 3. The minimum absolute atomic E-state index is 0.138. The van der Waals surface area contributed by atoms with Crippen LogP contribution in [-0.2, 0) is 14.3 Å². The fraction of sp³-hybridized carbons (Fsp3) is 0.250. The molecule has 0 unspecified atom stereocenters. The van der Waals surface area contributed by atoms with Crippen LogP contribution < -0.4 is 16.2 Å². The largest absolute Gasteiger partial charge is 0.368 e. The molecule has 1 fully saturated rings. The number of hydrogen-bond donors (Lipinski definition) is 3. The minimum Gasteiger partial charge on any atom is -0.368 e. The van der Waals surface area contributed by atoms with Gasteiger partial charge in [-0.2, -0.15) is 0 Å². The van der Waals surface area contributed by atoms with Crippen molar-refractivity contribution in [2.24, 2.45) is 0 Å². The van der Waals surface area contributed by atoms with E-state index in [2.05, 4.69) is 16.2 Å². The van der Waals surface area contributed by atoms with Gasteiger partial charge >= 0.3 is 0 Å². The summed E-state index contributed by atoms with van der Waals surface area (Å²) in [6.45, 7) is 0.580. The van der Waals surface area contributed by atoms with Crippen molar-refractivity contribution in [2.45, 2.75) is 23.8 Å². The third-order valence-corrected chi connectivity index (χ3v) is 5.38. The second-order valence-corrected chi connectivity index (χ2v) is 7.80. The zero-order chi connectivity index (χ0) is 20.6. The summed E-state index contributed by atoms with van der Waals surface area (Å²) in [6.07, 6.45) is 1.09. The summed E-state index contributed by atoms with van der Waals surface area (Å²) < 4.78 is 5.34. The van der Waals surface area contributed by atoms with Crippen LogP contribution >= 0.6 is 23.4 Å². The molecule has 0 bridgehead atoms. The van der Waals surface area contributed by atoms with Crippen molar-refractivity contribution in [3.63, 3.8) is 0 Å². The maximum absolute atomic E-state index is 12.3. The molecule has 2 aromatic rings. The number of carbonyl (C=O) groups excluding carboxylic acids is 3. The van der Waals surface area contributed by atoms with E-state index in [-0.39, 0.29) is 17.6 Å². The number of hydrogen-bond acceptors (Lipinski definition) is 5. The number of benzene rings is 2. The van der Waals surface area contributed by atoms with Gasteiger partial charge in [-0.15, -0.1) is 11.8 Å². The van der Waals surface area contributed by atoms with Gasteiger partial charge in [0.2, 0.25) is 5.91 Å². The van der Waals surface area contributed by atoms with Crippen LogP contribution in [0.4, 0.5) is 5.69 Å². The standard InChI is InChI=1S/C20H20ClN3O4S/c21-14-6-8-16(9-7-14)29-12-18(25)23-24-19(26)13-3-1-4-15(11-13)22-20(27)17-5-2-10-28-17/h1,3-4,6-9,11,17H,2,5,10,12H2,(H,22,27)(H,23,25)(H,24,26)/t17-/m0/s1. The number of thioether (sulfide) groups is 1. The Hall–Kier alpha value is -2.55. The van der Waals surface area contributed by atoms with Crippen molar-refractivity contribution in [1.82, 2.24) is 10.9 Å². The zero-order valence-electron chi connectivity index (χ0n) is 15.4. The van der Waals surface area contributed by atoms with E-state index in [9.17, 15) is 14.4 Å². The molecule has 0 saturated carbocycles. The summed E-state index contributed by atoms with van der Waals surface area (Å²) in [5.74, 6) is -0.920. The molecule has 3 rings (SSSR count). The van der Waals surface area contributed by atoms with Crippen LogP contribution in [0.1, 0.15) is 23.2 Å². The van der Waals surface area contributed by atoms with Crippen molar-refractivity contribution >= 4 is 46.8 Å². The Labute approximate surface area is 177 Å². The van der Waals surface area contributed by atoms with Gasteiger partial charge in [0.15, 0.2) is 0 Å². The molecule has 2 aromatic carbocycles. The first-order chi connectivity index (χ1) is 14.0. The lowest BCUT2D eigenvalue weighted by molar-refractivity contribution is -0.124. The van der Waals surface area contributed by atoms with Crippen molar-refractivity contribution in [2.75, 3.05) is 17.7 Å². The van der Waals surface area contributed by atoms with Crippen LogP contribution in [0.3, 0.4) is 0 Å². The average Bonchev–Trinajstić information content (AvgIpc) is 3.27. The maximum atomic E-state index is 12.3. The first-order valence-corrected chi connectivity index (χ1v) is 10.4. The smallest absolute Gasteiger partial charge is 0.269 e. The van der Waals surface area contributed by atoms with Crippen LogP contribution in [0.15, 0.2) is 53.4 Å². The molecule has 29 heavy (non-hydrogen) atoms. The van der Waals surface area contributed by atoms with Crippen molar-refractivity contribution in [1.29, 1.82) is 0 Å². The Morgan fingerprint density at radius 2 is 1.90 bits per heavy atom. The summed E-state index contributed by atoms with van der Waals surface area (Å²) in [5.41, 5.74) is 5.54. The van der Waals surface area contributed by atoms with E-state index in [4.69, 9.17) is 16.3 Å². The molecule has 1 heterocycles. The van der Waals surface area contributed by atoms with Gasteiger partial charge in [-0.1, -0.05) is 17.7 Å². The van der Waals surface area contributed by atoms with Crippen LogP contribution in [-0.4, -0.2) is 36.2 Å². The number of anilines is 1. The van der Waals surface area contributed by atoms with Gasteiger partial charge < -0.3 is 10.1 Å². The second kappa shape index (κ2) is 10.3. The third kappa shape index (κ3) is 6.49. The van der Waals surface area contributed by atoms with E-state index in [0.29, 0.717) is 29.3 Å². The van der Waals surface area contributed by atoms with E-state index in [1.165, 1.54) is 17.8 Å². The summed E-state index contributed by atoms with van der Waals surface area (Å²) >= 11 is 7.15. The Morgan fingerprint density at radius 3 is 2.62 bits per heavy atom. The Bertz CT molecular complexity index is 886. The highest BCUT2D eigenvalue weighted by molar-refractivity contribution is 8.00. The molecular formula is C20H20ClN3O4S. The van der Waals surface area contributed by atoms with E-state index in [1.54, 1.807) is 30.3 Å². The van der Waals surface area contributed by atoms with Crippen LogP contribution in [0, 0.1) is 0 Å². The lowest BCUT2D eigenvalue weighted by Crippen LogP contribution is -2.42. The summed E-state index contributed by atoms with van der Waals surface area (Å²) in [5, 5.41) is 3.37. The Balaban J connectivity index is 1.46. The highest BCUT2D eigenvalue weighted by Gasteiger charge is 2.23. The van der Waals surface area contributed by atoms with Crippen molar-refractivity contribution in [3.8, 4) is 0 Å². The lowest BCUT2D eigenvalue weighted by atomic mass is 10.1. The molecule has 3 N–H and O–H groups in total. The highest BCUT2D eigenvalue weighted by Crippen LogP contribution is 2.20. The van der Waals surface area contributed by atoms with E-state index in [1.807, 2.05) is 12.1 Å². The fourth-order valence-corrected chi connectivity index (χ4v) is 3.48. The number of halogens is 1. The molecule has 0 aliphatic carbocycles. The van der Waals surface area contributed by atoms with Gasteiger partial charge in [-0.25, -0.2) is 0 Å². The molecule has 1 aliphatic rings. The van der Waals surface area contributed by atoms with Gasteiger partial charge in [0.25, 0.3) is 11.8 Å². The molecular weight excluding hydrogens is 414 g/mol. The monoisotopic (exact) mass is 433 g/mol. The SMILES string of the molecule is O=C(CSc1ccc(Cl)cc1)NNC(=O)c1cccc(NC(=O)[C@@H]2CCCO2)c1. The summed E-state index contributed by atoms with van der Waals surface area (Å²) in [4.78, 5) is 37.2. The highest BCUT2D eigenvalue weighted by atomic mass is 35.5. The molecule has 0 aromatic heterocycles. The van der Waals surface area contributed by atoms with E-state index >= 15 is 0 Å². The quantitative estimate of drug-likeness (QED) is 0.480. The molecule has 1 aliphatic heterocycles. The van der Waals surface area contributed by atoms with Crippen LogP contribution in [0.25, 0.3) is 0 Å². The Morgan fingerprint density at radius 1 is 1.10 bits per heavy atom. The molecule has 152 valence electrons. The molecule has 0 radical (unpaired) electrons. The number of amides is 3. The second-order valence-electron chi connectivity index (χ2n) is 6.32. The molecule has 1 atom stereocenters. The lowest BCUT2D eigenvalue weighted by Gasteiger charge is -2.12. The zero-order valence-corrected chi connectivity index (χ0v) is 17.0. The van der Waals surface area contributed by atoms with Gasteiger partial charge in [0, 0.05) is 27.8 Å². The van der Waals surface area contributed by atoms with Crippen LogP contribution in [0.5, 0.6) is 0 Å². The van der Waals surface area contributed by atoms with E-state index in [0.717, 1.165) is 11.3 Å². The number of ether oxygens (including phenoxy) is 1. The van der Waals surface area contributed by atoms with Crippen molar-refractivity contribution < 1.29 is 19.1 Å². The van der Waals surface area contributed by atoms with Gasteiger partial charge in [0.1, 0.15) is 6.10 Å². The average molecular weight is 434 g/mol. The van der Waals surface area contributed by atoms with E-state index < -0.39 is 12.0 Å². The molecule has 9 heteroatoms. The molecule has 1 saturated heterocycles. The van der Waals surface area contributed by atoms with Crippen molar-refractivity contribution in [3.05, 3.63) is 59.1 Å². The first-order valence-electron chi connectivity index (χ1n) is 9.01. The number of rotatable bonds is 6. The first kappa shape index (κ1) is 21.2. The normalized spacial score (nSPS) is 15.6. The van der Waals surface area contributed by atoms with Crippen LogP contribution in [0.2, 0.25) is 5.02 Å². The maximum Gasteiger partial charge on any atom is 0.269 e. The third-order valence-electron chi connectivity index (χ3n) is 4.11. The summed E-state index contributed by atoms with van der Waals surface area (Å²) in [6, 6.07) is 13.6. The topological polar surface area (TPSA) is 96.5 Å². The summed E-state index contributed by atoms with van der Waals surface area (Å²) in [7, 11) is 0. The fourth-order valence-electron chi connectivity index (χ4n) is 2.66. The van der Waals surface area contributed by atoms with Gasteiger partial charge in [-0.05, 0) is 55.3 Å². The molecule has 7 nitrogen and oxygen atoms in total. The minimum atomic E-state index is -0.483. The number of carbonyl (C=O) groups is 3. The predicted molar refractivity (Wildman–Crippen MR) is 112 cm³/mol. The predicted octanol–water partition coefficient (Wildman–Crippen LogP) is 3.01. The number of hydrazine groups is 1. The molecule has 0 spiro atoms.